The zero-order valence-corrected chi connectivity index (χ0v) is 16.5. The first-order valence-corrected chi connectivity index (χ1v) is 9.40. The summed E-state index contributed by atoms with van der Waals surface area (Å²) in [5.74, 6) is -2.34. The van der Waals surface area contributed by atoms with Gasteiger partial charge in [-0.15, -0.1) is 0 Å². The highest BCUT2D eigenvalue weighted by Gasteiger charge is 2.40. The summed E-state index contributed by atoms with van der Waals surface area (Å²) in [6.45, 7) is 1.82. The number of carbonyl (C=O) groups is 2. The number of aryl methyl sites for hydroxylation is 1. The maximum Gasteiger partial charge on any atom is 0.282 e. The number of anilines is 2. The van der Waals surface area contributed by atoms with Crippen molar-refractivity contribution in [3.05, 3.63) is 100 Å². The van der Waals surface area contributed by atoms with E-state index in [1.165, 1.54) is 42.5 Å². The Labute approximate surface area is 176 Å². The van der Waals surface area contributed by atoms with Gasteiger partial charge in [0.05, 0.1) is 11.3 Å². The van der Waals surface area contributed by atoms with Crippen LogP contribution in [0.3, 0.4) is 0 Å². The van der Waals surface area contributed by atoms with E-state index in [9.17, 15) is 18.4 Å². The molecule has 1 N–H and O–H groups in total. The Balaban J connectivity index is 1.85. The van der Waals surface area contributed by atoms with Gasteiger partial charge in [-0.05, 0) is 60.5 Å². The summed E-state index contributed by atoms with van der Waals surface area (Å²) in [6, 6.07) is 15.5. The molecule has 3 aromatic rings. The first-order valence-electron chi connectivity index (χ1n) is 9.03. The Morgan fingerprint density at radius 1 is 0.867 bits per heavy atom. The van der Waals surface area contributed by atoms with Crippen LogP contribution in [0.25, 0.3) is 5.57 Å². The Morgan fingerprint density at radius 2 is 1.60 bits per heavy atom. The van der Waals surface area contributed by atoms with Gasteiger partial charge in [0.15, 0.2) is 0 Å². The summed E-state index contributed by atoms with van der Waals surface area (Å²) in [5.41, 5.74) is 1.86. The van der Waals surface area contributed by atoms with Crippen molar-refractivity contribution >= 4 is 40.4 Å². The lowest BCUT2D eigenvalue weighted by molar-refractivity contribution is -0.120. The van der Waals surface area contributed by atoms with E-state index in [0.29, 0.717) is 16.3 Å². The first-order chi connectivity index (χ1) is 14.3. The van der Waals surface area contributed by atoms with Crippen LogP contribution in [0, 0.1) is 18.6 Å². The monoisotopic (exact) mass is 424 g/mol. The standard InChI is InChI=1S/C23H15ClF2N2O2/c1-13-5-8-15(24)11-19(13)27-21-20(14-6-9-16(25)10-7-14)22(29)28(23(21)30)18-4-2-3-17(26)12-18/h2-12,27H,1H3. The minimum absolute atomic E-state index is 0.00114. The lowest BCUT2D eigenvalue weighted by Gasteiger charge is -2.16. The Hall–Kier alpha value is -3.51. The van der Waals surface area contributed by atoms with Gasteiger partial charge in [0.1, 0.15) is 17.3 Å². The third-order valence-corrected chi connectivity index (χ3v) is 4.98. The van der Waals surface area contributed by atoms with E-state index in [-0.39, 0.29) is 17.0 Å². The number of halogens is 3. The van der Waals surface area contributed by atoms with Gasteiger partial charge in [-0.2, -0.15) is 0 Å². The molecule has 7 heteroatoms. The van der Waals surface area contributed by atoms with Gasteiger partial charge < -0.3 is 5.32 Å². The van der Waals surface area contributed by atoms with E-state index in [4.69, 9.17) is 11.6 Å². The third kappa shape index (κ3) is 3.57. The number of carbonyl (C=O) groups excluding carboxylic acids is 2. The van der Waals surface area contributed by atoms with Crippen molar-refractivity contribution < 1.29 is 18.4 Å². The molecule has 0 radical (unpaired) electrons. The molecule has 0 atom stereocenters. The molecule has 3 aromatic carbocycles. The molecule has 1 aliphatic rings. The molecule has 0 saturated heterocycles. The van der Waals surface area contributed by atoms with Crippen molar-refractivity contribution in [2.45, 2.75) is 6.92 Å². The number of rotatable bonds is 4. The molecule has 4 nitrogen and oxygen atoms in total. The van der Waals surface area contributed by atoms with Crippen LogP contribution in [-0.4, -0.2) is 11.8 Å². The summed E-state index contributed by atoms with van der Waals surface area (Å²) < 4.78 is 27.2. The van der Waals surface area contributed by atoms with Crippen LogP contribution < -0.4 is 10.2 Å². The van der Waals surface area contributed by atoms with Crippen LogP contribution in [0.2, 0.25) is 5.02 Å². The largest absolute Gasteiger partial charge is 0.350 e. The molecular formula is C23H15ClF2N2O2. The summed E-state index contributed by atoms with van der Waals surface area (Å²) in [5, 5.41) is 3.45. The highest BCUT2D eigenvalue weighted by molar-refractivity contribution is 6.46. The minimum Gasteiger partial charge on any atom is -0.350 e. The molecule has 0 bridgehead atoms. The van der Waals surface area contributed by atoms with Crippen molar-refractivity contribution in [2.24, 2.45) is 0 Å². The number of imide groups is 1. The Kier molecular flexibility index (Phi) is 5.10. The summed E-state index contributed by atoms with van der Waals surface area (Å²) in [4.78, 5) is 27.4. The fourth-order valence-corrected chi connectivity index (χ4v) is 3.42. The summed E-state index contributed by atoms with van der Waals surface area (Å²) in [6.07, 6.45) is 0. The second kappa shape index (κ2) is 7.72. The lowest BCUT2D eigenvalue weighted by Crippen LogP contribution is -2.32. The normalized spacial score (nSPS) is 13.9. The van der Waals surface area contributed by atoms with Gasteiger partial charge in [-0.3, -0.25) is 9.59 Å². The van der Waals surface area contributed by atoms with Crippen LogP contribution in [0.5, 0.6) is 0 Å². The second-order valence-corrected chi connectivity index (χ2v) is 7.20. The maximum absolute atomic E-state index is 13.7. The molecule has 30 heavy (non-hydrogen) atoms. The van der Waals surface area contributed by atoms with Crippen LogP contribution >= 0.6 is 11.6 Å². The molecule has 2 amide bonds. The summed E-state index contributed by atoms with van der Waals surface area (Å²) >= 11 is 6.08. The van der Waals surface area contributed by atoms with Crippen molar-refractivity contribution in [1.82, 2.24) is 0 Å². The number of benzene rings is 3. The average molecular weight is 425 g/mol. The number of hydrogen-bond acceptors (Lipinski definition) is 3. The fraction of sp³-hybridized carbons (Fsp3) is 0.0435. The highest BCUT2D eigenvalue weighted by Crippen LogP contribution is 2.35. The molecule has 0 aromatic heterocycles. The van der Waals surface area contributed by atoms with E-state index in [0.717, 1.165) is 16.5 Å². The van der Waals surface area contributed by atoms with E-state index >= 15 is 0 Å². The molecule has 4 rings (SSSR count). The zero-order chi connectivity index (χ0) is 21.4. The molecule has 0 unspecified atom stereocenters. The maximum atomic E-state index is 13.7. The second-order valence-electron chi connectivity index (χ2n) is 6.77. The summed E-state index contributed by atoms with van der Waals surface area (Å²) in [7, 11) is 0. The zero-order valence-electron chi connectivity index (χ0n) is 15.7. The van der Waals surface area contributed by atoms with Crippen molar-refractivity contribution in [1.29, 1.82) is 0 Å². The van der Waals surface area contributed by atoms with E-state index < -0.39 is 23.4 Å². The minimum atomic E-state index is -0.649. The van der Waals surface area contributed by atoms with E-state index in [2.05, 4.69) is 5.32 Å². The van der Waals surface area contributed by atoms with E-state index in [1.54, 1.807) is 18.2 Å². The number of amides is 2. The fourth-order valence-electron chi connectivity index (χ4n) is 3.24. The van der Waals surface area contributed by atoms with Crippen LogP contribution in [-0.2, 0) is 9.59 Å². The van der Waals surface area contributed by atoms with Gasteiger partial charge in [0.2, 0.25) is 0 Å². The van der Waals surface area contributed by atoms with Crippen LogP contribution in [0.4, 0.5) is 20.2 Å². The number of hydrogen-bond donors (Lipinski definition) is 1. The van der Waals surface area contributed by atoms with Crippen LogP contribution in [0.1, 0.15) is 11.1 Å². The van der Waals surface area contributed by atoms with Gasteiger partial charge in [-0.25, -0.2) is 13.7 Å². The van der Waals surface area contributed by atoms with Crippen molar-refractivity contribution in [3.63, 3.8) is 0 Å². The number of nitrogens with one attached hydrogen (secondary N) is 1. The number of nitrogens with zero attached hydrogens (tertiary/aromatic N) is 1. The third-order valence-electron chi connectivity index (χ3n) is 4.74. The SMILES string of the molecule is Cc1ccc(Cl)cc1NC1=C(c2ccc(F)cc2)C(=O)N(c2cccc(F)c2)C1=O. The first kappa shape index (κ1) is 19.8. The quantitative estimate of drug-likeness (QED) is 0.576. The van der Waals surface area contributed by atoms with Crippen molar-refractivity contribution in [2.75, 3.05) is 10.2 Å². The van der Waals surface area contributed by atoms with Gasteiger partial charge in [-0.1, -0.05) is 35.9 Å². The highest BCUT2D eigenvalue weighted by atomic mass is 35.5. The smallest absolute Gasteiger partial charge is 0.282 e. The molecule has 150 valence electrons. The predicted octanol–water partition coefficient (Wildman–Crippen LogP) is 5.32. The molecule has 1 aliphatic heterocycles. The molecule has 0 aliphatic carbocycles. The Bertz CT molecular complexity index is 1210. The van der Waals surface area contributed by atoms with Crippen molar-refractivity contribution in [3.8, 4) is 0 Å². The molecule has 1 heterocycles. The van der Waals surface area contributed by atoms with Gasteiger partial charge >= 0.3 is 0 Å². The molecular weight excluding hydrogens is 410 g/mol. The van der Waals surface area contributed by atoms with E-state index in [1.807, 2.05) is 6.92 Å². The van der Waals surface area contributed by atoms with Gasteiger partial charge in [0, 0.05) is 10.7 Å². The molecule has 0 fully saturated rings. The van der Waals surface area contributed by atoms with Crippen LogP contribution in [0.15, 0.2) is 72.4 Å². The topological polar surface area (TPSA) is 49.4 Å². The Morgan fingerprint density at radius 3 is 2.30 bits per heavy atom. The molecule has 0 saturated carbocycles. The lowest BCUT2D eigenvalue weighted by atomic mass is 10.0. The predicted molar refractivity (Wildman–Crippen MR) is 112 cm³/mol. The molecule has 0 spiro atoms. The van der Waals surface area contributed by atoms with Gasteiger partial charge in [0.25, 0.3) is 11.8 Å². The average Bonchev–Trinajstić information content (AvgIpc) is 2.95.